The van der Waals surface area contributed by atoms with Crippen LogP contribution in [-0.2, 0) is 35.3 Å². The van der Waals surface area contributed by atoms with Crippen LogP contribution in [0, 0.1) is 11.8 Å². The zero-order valence-electron chi connectivity index (χ0n) is 17.6. The van der Waals surface area contributed by atoms with Crippen molar-refractivity contribution in [3.8, 4) is 0 Å². The molecule has 4 heterocycles. The summed E-state index contributed by atoms with van der Waals surface area (Å²) in [4.78, 5) is 42.6. The fraction of sp³-hybridized carbons (Fsp3) is 0.364. The molecule has 0 saturated carbocycles. The minimum atomic E-state index is -0.717. The first-order valence-electron chi connectivity index (χ1n) is 10.6. The van der Waals surface area contributed by atoms with Crippen LogP contribution in [0.2, 0.25) is 10.3 Å². The van der Waals surface area contributed by atoms with Crippen molar-refractivity contribution in [3.05, 3.63) is 43.8 Å². The number of carbonyl (C=O) groups excluding carboxylic acids is 1. The zero-order chi connectivity index (χ0) is 24.0. The van der Waals surface area contributed by atoms with Gasteiger partial charge in [0.1, 0.15) is 32.6 Å². The summed E-state index contributed by atoms with van der Waals surface area (Å²) in [6.45, 7) is 0. The van der Waals surface area contributed by atoms with Gasteiger partial charge >= 0.3 is 5.97 Å². The van der Waals surface area contributed by atoms with Gasteiger partial charge in [-0.25, -0.2) is 19.9 Å². The number of aliphatic carboxylic acids is 1. The molecule has 176 valence electrons. The number of hydrogen-bond donors (Lipinski definition) is 1. The van der Waals surface area contributed by atoms with E-state index >= 15 is 0 Å². The van der Waals surface area contributed by atoms with E-state index in [0.717, 1.165) is 50.1 Å². The summed E-state index contributed by atoms with van der Waals surface area (Å²) >= 11 is 20.9. The van der Waals surface area contributed by atoms with E-state index in [1.54, 1.807) is 11.3 Å². The molecule has 1 N–H and O–H groups in total. The molecule has 2 atom stereocenters. The lowest BCUT2D eigenvalue weighted by molar-refractivity contribution is -0.142. The Bertz CT molecular complexity index is 1330. The summed E-state index contributed by atoms with van der Waals surface area (Å²) in [5, 5.41) is 11.6. The standard InChI is InChI=1S/C11H8Cl2N2OS.C11H9ClN2O2S/c12-9-8-6-2-1-5(10(13)16)3-7(6)17-11(8)15-4-14-9;12-9-8-6-2-1-5(11(15)16)3-7(6)17-10(8)14-4-13-9/h4-5H,1-3H2;4-5H,1-3H2,(H,15,16)/t2*5-/m00/s1. The molecule has 0 saturated heterocycles. The van der Waals surface area contributed by atoms with Crippen molar-refractivity contribution in [2.75, 3.05) is 0 Å². The highest BCUT2D eigenvalue weighted by molar-refractivity contribution is 7.19. The Labute approximate surface area is 217 Å². The van der Waals surface area contributed by atoms with Gasteiger partial charge in [0.25, 0.3) is 0 Å². The van der Waals surface area contributed by atoms with Crippen molar-refractivity contribution in [1.29, 1.82) is 0 Å². The Morgan fingerprint density at radius 1 is 0.824 bits per heavy atom. The van der Waals surface area contributed by atoms with Crippen molar-refractivity contribution >= 4 is 89.1 Å². The Morgan fingerprint density at radius 2 is 1.29 bits per heavy atom. The van der Waals surface area contributed by atoms with Gasteiger partial charge in [0, 0.05) is 15.7 Å². The molecular formula is C22H17Cl3N4O3S2. The van der Waals surface area contributed by atoms with Crippen LogP contribution in [0.4, 0.5) is 0 Å². The number of thiophene rings is 2. The number of carboxylic acids is 1. The van der Waals surface area contributed by atoms with E-state index in [4.69, 9.17) is 39.9 Å². The lowest BCUT2D eigenvalue weighted by atomic mass is 9.88. The van der Waals surface area contributed by atoms with E-state index in [0.29, 0.717) is 29.6 Å². The molecule has 0 unspecified atom stereocenters. The molecule has 2 aliphatic rings. The fourth-order valence-corrected chi connectivity index (χ4v) is 7.87. The quantitative estimate of drug-likeness (QED) is 0.248. The molecule has 0 aromatic carbocycles. The normalized spacial score (nSPS) is 19.3. The van der Waals surface area contributed by atoms with Crippen molar-refractivity contribution in [3.63, 3.8) is 0 Å². The highest BCUT2D eigenvalue weighted by Crippen LogP contribution is 2.40. The van der Waals surface area contributed by atoms with Crippen LogP contribution in [0.1, 0.15) is 33.7 Å². The smallest absolute Gasteiger partial charge is 0.306 e. The second kappa shape index (κ2) is 9.62. The first kappa shape index (κ1) is 23.8. The Balaban J connectivity index is 0.000000142. The maximum absolute atomic E-state index is 11.2. The largest absolute Gasteiger partial charge is 0.481 e. The molecule has 0 spiro atoms. The highest BCUT2D eigenvalue weighted by atomic mass is 35.5. The van der Waals surface area contributed by atoms with Gasteiger partial charge in [0.15, 0.2) is 0 Å². The van der Waals surface area contributed by atoms with Gasteiger partial charge in [-0.15, -0.1) is 22.7 Å². The third kappa shape index (κ3) is 4.40. The Hall–Kier alpha value is -1.91. The summed E-state index contributed by atoms with van der Waals surface area (Å²) in [6.07, 6.45) is 7.23. The van der Waals surface area contributed by atoms with Crippen LogP contribution in [-0.4, -0.2) is 36.3 Å². The van der Waals surface area contributed by atoms with Crippen LogP contribution < -0.4 is 0 Å². The third-order valence-corrected chi connectivity index (χ3v) is 9.47. The van der Waals surface area contributed by atoms with Crippen molar-refractivity contribution in [1.82, 2.24) is 19.9 Å². The number of aryl methyl sites for hydroxylation is 2. The zero-order valence-corrected chi connectivity index (χ0v) is 21.5. The lowest BCUT2D eigenvalue weighted by Gasteiger charge is -2.18. The summed E-state index contributed by atoms with van der Waals surface area (Å²) in [5.41, 5.74) is 2.35. The number of carboxylic acid groups (broad SMARTS) is 1. The van der Waals surface area contributed by atoms with Crippen molar-refractivity contribution in [2.24, 2.45) is 11.8 Å². The average molecular weight is 556 g/mol. The molecule has 7 nitrogen and oxygen atoms in total. The molecular weight excluding hydrogens is 539 g/mol. The number of carbonyl (C=O) groups is 2. The van der Waals surface area contributed by atoms with Crippen LogP contribution in [0.3, 0.4) is 0 Å². The van der Waals surface area contributed by atoms with E-state index in [9.17, 15) is 9.59 Å². The van der Waals surface area contributed by atoms with E-state index in [-0.39, 0.29) is 17.1 Å². The maximum Gasteiger partial charge on any atom is 0.306 e. The molecule has 0 aliphatic heterocycles. The van der Waals surface area contributed by atoms with Crippen LogP contribution in [0.5, 0.6) is 0 Å². The number of rotatable bonds is 2. The number of halogens is 3. The van der Waals surface area contributed by atoms with E-state index in [1.165, 1.54) is 34.4 Å². The topological polar surface area (TPSA) is 106 Å². The Kier molecular flexibility index (Phi) is 6.74. The molecule has 0 amide bonds. The summed E-state index contributed by atoms with van der Waals surface area (Å²) in [5.74, 6) is -1.06. The summed E-state index contributed by atoms with van der Waals surface area (Å²) < 4.78 is 0. The SMILES string of the molecule is O=C(Cl)[C@H]1CCc2c(sc3ncnc(Cl)c23)C1.O=C(O)[C@H]1CCc2c(sc3ncnc(Cl)c23)C1. The monoisotopic (exact) mass is 554 g/mol. The van der Waals surface area contributed by atoms with E-state index in [1.807, 2.05) is 0 Å². The second-order valence-electron chi connectivity index (χ2n) is 8.22. The predicted molar refractivity (Wildman–Crippen MR) is 134 cm³/mol. The fourth-order valence-electron chi connectivity index (χ4n) is 4.55. The molecule has 12 heteroatoms. The van der Waals surface area contributed by atoms with Gasteiger partial charge in [0.05, 0.1) is 16.7 Å². The maximum atomic E-state index is 11.2. The van der Waals surface area contributed by atoms with Crippen molar-refractivity contribution < 1.29 is 14.7 Å². The summed E-state index contributed by atoms with van der Waals surface area (Å²) in [7, 11) is 0. The first-order chi connectivity index (χ1) is 16.3. The lowest BCUT2D eigenvalue weighted by Crippen LogP contribution is -2.20. The molecule has 2 aliphatic carbocycles. The van der Waals surface area contributed by atoms with Gasteiger partial charge in [-0.3, -0.25) is 9.59 Å². The molecule has 4 aromatic heterocycles. The van der Waals surface area contributed by atoms with Gasteiger partial charge in [0.2, 0.25) is 5.24 Å². The van der Waals surface area contributed by atoms with Crippen LogP contribution in [0.25, 0.3) is 20.4 Å². The molecule has 34 heavy (non-hydrogen) atoms. The Morgan fingerprint density at radius 3 is 1.76 bits per heavy atom. The van der Waals surface area contributed by atoms with Gasteiger partial charge in [-0.2, -0.15) is 0 Å². The van der Waals surface area contributed by atoms with Crippen LogP contribution in [0.15, 0.2) is 12.7 Å². The minimum absolute atomic E-state index is 0.0658. The van der Waals surface area contributed by atoms with Crippen LogP contribution >= 0.6 is 57.5 Å². The minimum Gasteiger partial charge on any atom is -0.481 e. The molecule has 0 bridgehead atoms. The molecule has 0 radical (unpaired) electrons. The number of nitrogens with zero attached hydrogens (tertiary/aromatic N) is 4. The summed E-state index contributed by atoms with van der Waals surface area (Å²) in [6, 6.07) is 0. The predicted octanol–water partition coefficient (Wildman–Crippen LogP) is 5.75. The second-order valence-corrected chi connectivity index (χ2v) is 11.5. The van der Waals surface area contributed by atoms with Crippen molar-refractivity contribution in [2.45, 2.75) is 38.5 Å². The number of aromatic nitrogens is 4. The highest BCUT2D eigenvalue weighted by Gasteiger charge is 2.29. The molecule has 4 aromatic rings. The molecule has 6 rings (SSSR count). The number of fused-ring (bicyclic) bond motifs is 6. The van der Waals surface area contributed by atoms with Gasteiger partial charge < -0.3 is 5.11 Å². The third-order valence-electron chi connectivity index (χ3n) is 6.27. The van der Waals surface area contributed by atoms with E-state index in [2.05, 4.69) is 19.9 Å². The van der Waals surface area contributed by atoms with Gasteiger partial charge in [-0.1, -0.05) is 23.2 Å². The van der Waals surface area contributed by atoms with Gasteiger partial charge in [-0.05, 0) is 61.3 Å². The first-order valence-corrected chi connectivity index (χ1v) is 13.3. The average Bonchev–Trinajstić information content (AvgIpc) is 3.37. The number of hydrogen-bond acceptors (Lipinski definition) is 8. The molecule has 0 fully saturated rings. The van der Waals surface area contributed by atoms with E-state index < -0.39 is 5.97 Å².